The number of benzene rings is 2. The van der Waals surface area contributed by atoms with E-state index in [1.54, 1.807) is 43.5 Å². The van der Waals surface area contributed by atoms with E-state index in [4.69, 9.17) is 4.74 Å². The fourth-order valence-electron chi connectivity index (χ4n) is 2.36. The van der Waals surface area contributed by atoms with Crippen LogP contribution < -0.4 is 15.4 Å². The Balaban J connectivity index is 1.65. The van der Waals surface area contributed by atoms with E-state index in [-0.39, 0.29) is 5.91 Å². The third-order valence-electron chi connectivity index (χ3n) is 4.04. The lowest BCUT2D eigenvalue weighted by molar-refractivity contribution is 0.102. The van der Waals surface area contributed by atoms with Gasteiger partial charge in [0.2, 0.25) is 0 Å². The number of hydrogen-bond donors (Lipinski definition) is 2. The van der Waals surface area contributed by atoms with Gasteiger partial charge < -0.3 is 15.4 Å². The molecule has 0 fully saturated rings. The van der Waals surface area contributed by atoms with Crippen molar-refractivity contribution in [3.8, 4) is 5.75 Å². The largest absolute Gasteiger partial charge is 0.497 e. The minimum absolute atomic E-state index is 0.253. The third kappa shape index (κ3) is 4.16. The lowest BCUT2D eigenvalue weighted by atomic mass is 10.1. The summed E-state index contributed by atoms with van der Waals surface area (Å²) in [4.78, 5) is 12.2. The SMILES string of the molecule is COc1ccc(C(=O)Nc2ccc(Nc3ccc(C)c(C)c3)nn2)cc1. The van der Waals surface area contributed by atoms with Crippen LogP contribution in [-0.2, 0) is 0 Å². The summed E-state index contributed by atoms with van der Waals surface area (Å²) in [5, 5.41) is 14.1. The lowest BCUT2D eigenvalue weighted by Gasteiger charge is -2.08. The van der Waals surface area contributed by atoms with Crippen molar-refractivity contribution in [1.29, 1.82) is 0 Å². The molecule has 3 aromatic rings. The maximum atomic E-state index is 12.2. The van der Waals surface area contributed by atoms with Crippen molar-refractivity contribution in [3.05, 3.63) is 71.3 Å². The number of ether oxygens (including phenoxy) is 1. The number of amides is 1. The standard InChI is InChI=1S/C20H20N4O2/c1-13-4-7-16(12-14(13)2)21-18-10-11-19(24-23-18)22-20(25)15-5-8-17(26-3)9-6-15/h4-12H,1-3H3,(H,21,23)(H,22,24,25). The number of nitrogens with zero attached hydrogens (tertiary/aromatic N) is 2. The van der Waals surface area contributed by atoms with Gasteiger partial charge in [-0.05, 0) is 73.5 Å². The molecule has 2 aromatic carbocycles. The van der Waals surface area contributed by atoms with Gasteiger partial charge in [0.05, 0.1) is 7.11 Å². The van der Waals surface area contributed by atoms with Gasteiger partial charge in [-0.3, -0.25) is 4.79 Å². The minimum atomic E-state index is -0.253. The first-order valence-corrected chi connectivity index (χ1v) is 8.18. The number of anilines is 3. The first kappa shape index (κ1) is 17.4. The van der Waals surface area contributed by atoms with Crippen LogP contribution in [0.25, 0.3) is 0 Å². The molecule has 132 valence electrons. The quantitative estimate of drug-likeness (QED) is 0.726. The molecule has 0 saturated heterocycles. The summed E-state index contributed by atoms with van der Waals surface area (Å²) in [5.74, 6) is 1.44. The molecular weight excluding hydrogens is 328 g/mol. The van der Waals surface area contributed by atoms with Gasteiger partial charge in [-0.25, -0.2) is 0 Å². The lowest BCUT2D eigenvalue weighted by Crippen LogP contribution is -2.13. The van der Waals surface area contributed by atoms with Crippen molar-refractivity contribution in [3.63, 3.8) is 0 Å². The van der Waals surface area contributed by atoms with Crippen LogP contribution in [0.5, 0.6) is 5.75 Å². The second kappa shape index (κ2) is 7.65. The van der Waals surface area contributed by atoms with Crippen molar-refractivity contribution in [2.45, 2.75) is 13.8 Å². The predicted molar refractivity (Wildman–Crippen MR) is 102 cm³/mol. The van der Waals surface area contributed by atoms with Crippen LogP contribution >= 0.6 is 0 Å². The maximum Gasteiger partial charge on any atom is 0.256 e. The summed E-state index contributed by atoms with van der Waals surface area (Å²) >= 11 is 0. The van der Waals surface area contributed by atoms with E-state index in [0.717, 1.165) is 5.69 Å². The Morgan fingerprint density at radius 1 is 0.885 bits per heavy atom. The molecule has 3 rings (SSSR count). The second-order valence-corrected chi connectivity index (χ2v) is 5.91. The highest BCUT2D eigenvalue weighted by Gasteiger charge is 2.08. The zero-order valence-electron chi connectivity index (χ0n) is 14.9. The molecule has 0 radical (unpaired) electrons. The first-order valence-electron chi connectivity index (χ1n) is 8.18. The van der Waals surface area contributed by atoms with E-state index < -0.39 is 0 Å². The molecule has 2 N–H and O–H groups in total. The van der Waals surface area contributed by atoms with Crippen LogP contribution in [0, 0.1) is 13.8 Å². The molecule has 0 aliphatic carbocycles. The van der Waals surface area contributed by atoms with Gasteiger partial charge in [0.25, 0.3) is 5.91 Å². The van der Waals surface area contributed by atoms with E-state index in [9.17, 15) is 4.79 Å². The summed E-state index contributed by atoms with van der Waals surface area (Å²) in [6, 6.07) is 16.4. The fraction of sp³-hybridized carbons (Fsp3) is 0.150. The number of hydrogen-bond acceptors (Lipinski definition) is 5. The molecule has 0 aliphatic rings. The monoisotopic (exact) mass is 348 g/mol. The van der Waals surface area contributed by atoms with Crippen LogP contribution in [0.1, 0.15) is 21.5 Å². The van der Waals surface area contributed by atoms with Gasteiger partial charge in [0.1, 0.15) is 5.75 Å². The van der Waals surface area contributed by atoms with Crippen molar-refractivity contribution >= 4 is 23.2 Å². The Kier molecular flexibility index (Phi) is 5.12. The third-order valence-corrected chi connectivity index (χ3v) is 4.04. The molecule has 6 heteroatoms. The topological polar surface area (TPSA) is 76.1 Å². The van der Waals surface area contributed by atoms with E-state index in [0.29, 0.717) is 22.9 Å². The summed E-state index contributed by atoms with van der Waals surface area (Å²) in [6.45, 7) is 4.13. The van der Waals surface area contributed by atoms with Crippen molar-refractivity contribution in [2.75, 3.05) is 17.7 Å². The molecule has 26 heavy (non-hydrogen) atoms. The highest BCUT2D eigenvalue weighted by atomic mass is 16.5. The van der Waals surface area contributed by atoms with Crippen LogP contribution in [0.15, 0.2) is 54.6 Å². The Morgan fingerprint density at radius 3 is 2.19 bits per heavy atom. The van der Waals surface area contributed by atoms with Gasteiger partial charge in [-0.1, -0.05) is 6.07 Å². The number of methoxy groups -OCH3 is 1. The number of carbonyl (C=O) groups excluding carboxylic acids is 1. The van der Waals surface area contributed by atoms with E-state index in [2.05, 4.69) is 46.8 Å². The van der Waals surface area contributed by atoms with Gasteiger partial charge in [-0.2, -0.15) is 0 Å². The Bertz CT molecular complexity index is 906. The summed E-state index contributed by atoms with van der Waals surface area (Å²) in [6.07, 6.45) is 0. The van der Waals surface area contributed by atoms with Crippen molar-refractivity contribution < 1.29 is 9.53 Å². The molecule has 1 heterocycles. The first-order chi connectivity index (χ1) is 12.5. The number of nitrogens with one attached hydrogen (secondary N) is 2. The summed E-state index contributed by atoms with van der Waals surface area (Å²) in [7, 11) is 1.58. The predicted octanol–water partition coefficient (Wildman–Crippen LogP) is 4.10. The van der Waals surface area contributed by atoms with Gasteiger partial charge >= 0.3 is 0 Å². The minimum Gasteiger partial charge on any atom is -0.497 e. The van der Waals surface area contributed by atoms with Crippen molar-refractivity contribution in [2.24, 2.45) is 0 Å². The summed E-state index contributed by atoms with van der Waals surface area (Å²) in [5.41, 5.74) is 3.90. The number of carbonyl (C=O) groups is 1. The highest BCUT2D eigenvalue weighted by molar-refractivity contribution is 6.03. The molecular formula is C20H20N4O2. The van der Waals surface area contributed by atoms with Gasteiger partial charge in [0, 0.05) is 11.3 Å². The molecule has 1 amide bonds. The Labute approximate surface area is 152 Å². The molecule has 0 spiro atoms. The molecule has 0 bridgehead atoms. The Morgan fingerprint density at radius 2 is 1.58 bits per heavy atom. The van der Waals surface area contributed by atoms with Crippen LogP contribution in [0.3, 0.4) is 0 Å². The molecule has 0 unspecified atom stereocenters. The number of aromatic nitrogens is 2. The molecule has 0 saturated carbocycles. The average Bonchev–Trinajstić information content (AvgIpc) is 2.66. The van der Waals surface area contributed by atoms with Crippen LogP contribution in [-0.4, -0.2) is 23.2 Å². The highest BCUT2D eigenvalue weighted by Crippen LogP contribution is 2.19. The number of aryl methyl sites for hydroxylation is 2. The van der Waals surface area contributed by atoms with Crippen LogP contribution in [0.4, 0.5) is 17.3 Å². The second-order valence-electron chi connectivity index (χ2n) is 5.91. The smallest absolute Gasteiger partial charge is 0.256 e. The zero-order chi connectivity index (χ0) is 18.5. The van der Waals surface area contributed by atoms with Gasteiger partial charge in [0.15, 0.2) is 11.6 Å². The van der Waals surface area contributed by atoms with Crippen LogP contribution in [0.2, 0.25) is 0 Å². The molecule has 1 aromatic heterocycles. The Hall–Kier alpha value is -3.41. The number of rotatable bonds is 5. The van der Waals surface area contributed by atoms with Gasteiger partial charge in [-0.15, -0.1) is 10.2 Å². The molecule has 0 aliphatic heterocycles. The van der Waals surface area contributed by atoms with E-state index in [1.807, 2.05) is 6.07 Å². The van der Waals surface area contributed by atoms with Crippen molar-refractivity contribution in [1.82, 2.24) is 10.2 Å². The molecule has 0 atom stereocenters. The summed E-state index contributed by atoms with van der Waals surface area (Å²) < 4.78 is 5.08. The maximum absolute atomic E-state index is 12.2. The zero-order valence-corrected chi connectivity index (χ0v) is 14.9. The van der Waals surface area contributed by atoms with E-state index in [1.165, 1.54) is 11.1 Å². The molecule has 6 nitrogen and oxygen atoms in total. The van der Waals surface area contributed by atoms with E-state index >= 15 is 0 Å². The fourth-order valence-corrected chi connectivity index (χ4v) is 2.36. The average molecular weight is 348 g/mol. The normalized spacial score (nSPS) is 10.3.